The van der Waals surface area contributed by atoms with Crippen molar-refractivity contribution >= 4 is 17.8 Å². The SMILES string of the molecule is [2H]CCCC(=O)N[C@@H]1[C@@H](O)[C@H](O)[C@@H](CO)OC1(O)C(=O)[C@H](Cc1ccccc1)NC(=O)OC(C)(C)C. The number of carbonyl (C=O) groups excluding carboxylic acids is 3. The quantitative estimate of drug-likeness (QED) is 0.269. The topological polar surface area (TPSA) is 175 Å². The molecule has 196 valence electrons. The van der Waals surface area contributed by atoms with Gasteiger partial charge in [-0.2, -0.15) is 0 Å². The summed E-state index contributed by atoms with van der Waals surface area (Å²) in [6.45, 7) is 3.99. The summed E-state index contributed by atoms with van der Waals surface area (Å²) in [5.74, 6) is -4.76. The zero-order valence-corrected chi connectivity index (χ0v) is 20.1. The fourth-order valence-corrected chi connectivity index (χ4v) is 3.73. The molecule has 1 aliphatic heterocycles. The molecule has 35 heavy (non-hydrogen) atoms. The lowest BCUT2D eigenvalue weighted by molar-refractivity contribution is -0.302. The molecule has 11 heteroatoms. The maximum Gasteiger partial charge on any atom is 0.408 e. The highest BCUT2D eigenvalue weighted by atomic mass is 16.7. The van der Waals surface area contributed by atoms with Crippen molar-refractivity contribution in [2.75, 3.05) is 6.61 Å². The highest BCUT2D eigenvalue weighted by Crippen LogP contribution is 2.31. The normalized spacial score (nSPS) is 27.9. The Morgan fingerprint density at radius 1 is 1.20 bits per heavy atom. The first-order valence-electron chi connectivity index (χ1n) is 12.1. The molecule has 0 spiro atoms. The average Bonchev–Trinajstić information content (AvgIpc) is 2.81. The van der Waals surface area contributed by atoms with E-state index in [0.717, 1.165) is 0 Å². The van der Waals surface area contributed by atoms with Gasteiger partial charge in [-0.15, -0.1) is 0 Å². The Morgan fingerprint density at radius 2 is 1.86 bits per heavy atom. The number of ether oxygens (including phenoxy) is 2. The van der Waals surface area contributed by atoms with Crippen LogP contribution in [0.3, 0.4) is 0 Å². The zero-order valence-electron chi connectivity index (χ0n) is 21.1. The lowest BCUT2D eigenvalue weighted by atomic mass is 9.84. The minimum Gasteiger partial charge on any atom is -0.444 e. The van der Waals surface area contributed by atoms with E-state index in [9.17, 15) is 34.8 Å². The van der Waals surface area contributed by atoms with Gasteiger partial charge in [0, 0.05) is 14.2 Å². The summed E-state index contributed by atoms with van der Waals surface area (Å²) in [7, 11) is 0. The monoisotopic (exact) mass is 497 g/mol. The average molecular weight is 498 g/mol. The number of nitrogens with one attached hydrogen (secondary N) is 2. The third kappa shape index (κ3) is 7.45. The molecule has 11 nitrogen and oxygen atoms in total. The van der Waals surface area contributed by atoms with Gasteiger partial charge in [0.1, 0.15) is 36.0 Å². The van der Waals surface area contributed by atoms with Crippen LogP contribution in [0.1, 0.15) is 47.4 Å². The van der Waals surface area contributed by atoms with Crippen LogP contribution in [0.4, 0.5) is 4.79 Å². The molecule has 1 unspecified atom stereocenters. The summed E-state index contributed by atoms with van der Waals surface area (Å²) >= 11 is 0. The van der Waals surface area contributed by atoms with Crippen molar-refractivity contribution < 1.29 is 45.7 Å². The lowest BCUT2D eigenvalue weighted by Crippen LogP contribution is -2.74. The third-order valence-corrected chi connectivity index (χ3v) is 5.37. The smallest absolute Gasteiger partial charge is 0.408 e. The van der Waals surface area contributed by atoms with Gasteiger partial charge in [-0.05, 0) is 32.8 Å². The fraction of sp³-hybridized carbons (Fsp3) is 0.625. The second kappa shape index (κ2) is 11.9. The molecular formula is C24H36N2O9. The summed E-state index contributed by atoms with van der Waals surface area (Å²) in [4.78, 5) is 38.7. The number of aliphatic hydroxyl groups excluding tert-OH is 3. The van der Waals surface area contributed by atoms with Crippen molar-refractivity contribution in [1.29, 1.82) is 0 Å². The van der Waals surface area contributed by atoms with E-state index in [1.54, 1.807) is 51.1 Å². The van der Waals surface area contributed by atoms with Crippen LogP contribution in [-0.4, -0.2) is 86.6 Å². The molecule has 1 saturated heterocycles. The summed E-state index contributed by atoms with van der Waals surface area (Å²) in [6.07, 6.45) is -6.21. The second-order valence-corrected chi connectivity index (χ2v) is 9.42. The highest BCUT2D eigenvalue weighted by Gasteiger charge is 2.59. The van der Waals surface area contributed by atoms with Crippen molar-refractivity contribution in [1.82, 2.24) is 10.6 Å². The van der Waals surface area contributed by atoms with Gasteiger partial charge in [0.15, 0.2) is 0 Å². The maximum absolute atomic E-state index is 13.7. The molecule has 2 amide bonds. The number of aliphatic hydroxyl groups is 4. The molecule has 1 aromatic rings. The molecule has 1 heterocycles. The molecule has 0 radical (unpaired) electrons. The standard InChI is InChI=1S/C24H36N2O9/c1-5-9-17(28)26-20-19(30)18(29)16(13-27)34-24(20,33)21(31)15(12-14-10-7-6-8-11-14)25-22(32)35-23(2,3)4/h6-8,10-11,15-16,18-20,27,29-30,33H,5,9,12-13H2,1-4H3,(H,25,32)(H,26,28)/t15-,16+,18+,19-,20+,24?/m0/s1/i1D. The van der Waals surface area contributed by atoms with Crippen LogP contribution in [0.15, 0.2) is 30.3 Å². The van der Waals surface area contributed by atoms with Crippen LogP contribution < -0.4 is 10.6 Å². The van der Waals surface area contributed by atoms with E-state index in [1.165, 1.54) is 0 Å². The molecule has 6 N–H and O–H groups in total. The van der Waals surface area contributed by atoms with Crippen LogP contribution in [0, 0.1) is 0 Å². The van der Waals surface area contributed by atoms with E-state index in [4.69, 9.17) is 10.8 Å². The number of carbonyl (C=O) groups is 3. The van der Waals surface area contributed by atoms with Crippen molar-refractivity contribution in [3.63, 3.8) is 0 Å². The van der Waals surface area contributed by atoms with Gasteiger partial charge in [-0.1, -0.05) is 37.2 Å². The molecule has 1 fully saturated rings. The molecule has 6 atom stereocenters. The van der Waals surface area contributed by atoms with E-state index in [2.05, 4.69) is 10.6 Å². The van der Waals surface area contributed by atoms with E-state index in [0.29, 0.717) is 5.56 Å². The van der Waals surface area contributed by atoms with Crippen LogP contribution >= 0.6 is 0 Å². The number of hydrogen-bond donors (Lipinski definition) is 6. The van der Waals surface area contributed by atoms with Crippen molar-refractivity contribution in [3.8, 4) is 0 Å². The van der Waals surface area contributed by atoms with Gasteiger partial charge in [-0.25, -0.2) is 4.79 Å². The van der Waals surface area contributed by atoms with Gasteiger partial charge >= 0.3 is 6.09 Å². The number of Topliss-reactive ketones (excluding diaryl/α,β-unsaturated/α-hetero) is 1. The number of alkyl carbamates (subject to hydrolysis) is 1. The predicted octanol–water partition coefficient (Wildman–Crippen LogP) is -0.222. The van der Waals surface area contributed by atoms with E-state index < -0.39 is 66.2 Å². The first-order chi connectivity index (χ1) is 16.8. The van der Waals surface area contributed by atoms with Gasteiger partial charge in [-0.3, -0.25) is 9.59 Å². The minimum atomic E-state index is -2.93. The number of hydrogen-bond acceptors (Lipinski definition) is 9. The van der Waals surface area contributed by atoms with Gasteiger partial charge < -0.3 is 40.5 Å². The summed E-state index contributed by atoms with van der Waals surface area (Å²) in [5.41, 5.74) is -0.277. The minimum absolute atomic E-state index is 0.0471. The van der Waals surface area contributed by atoms with Crippen LogP contribution in [0.25, 0.3) is 0 Å². The van der Waals surface area contributed by atoms with E-state index in [1.807, 2.05) is 0 Å². The van der Waals surface area contributed by atoms with Crippen LogP contribution in [0.2, 0.25) is 0 Å². The Kier molecular flexibility index (Phi) is 9.20. The van der Waals surface area contributed by atoms with E-state index >= 15 is 0 Å². The molecule has 0 saturated carbocycles. The molecule has 1 aromatic carbocycles. The Balaban J connectivity index is 2.44. The number of amides is 2. The predicted molar refractivity (Wildman–Crippen MR) is 124 cm³/mol. The van der Waals surface area contributed by atoms with Gasteiger partial charge in [0.05, 0.1) is 6.61 Å². The molecule has 1 aliphatic rings. The fourth-order valence-electron chi connectivity index (χ4n) is 3.73. The molecular weight excluding hydrogens is 460 g/mol. The Bertz CT molecular complexity index is 895. The second-order valence-electron chi connectivity index (χ2n) is 9.42. The van der Waals surface area contributed by atoms with Gasteiger partial charge in [0.2, 0.25) is 11.7 Å². The molecule has 0 aromatic heterocycles. The summed E-state index contributed by atoms with van der Waals surface area (Å²) < 4.78 is 17.8. The van der Waals surface area contributed by atoms with Crippen LogP contribution in [0.5, 0.6) is 0 Å². The third-order valence-electron chi connectivity index (χ3n) is 5.37. The molecule has 0 bridgehead atoms. The summed E-state index contributed by atoms with van der Waals surface area (Å²) in [6, 6.07) is 5.30. The Hall–Kier alpha value is -2.57. The number of benzene rings is 1. The zero-order chi connectivity index (χ0) is 27.1. The van der Waals surface area contributed by atoms with Gasteiger partial charge in [0.25, 0.3) is 5.79 Å². The van der Waals surface area contributed by atoms with Crippen LogP contribution in [-0.2, 0) is 25.5 Å². The largest absolute Gasteiger partial charge is 0.444 e. The lowest BCUT2D eigenvalue weighted by Gasteiger charge is -2.47. The molecule has 0 aliphatic carbocycles. The Labute approximate surface area is 205 Å². The number of ketones is 1. The number of rotatable bonds is 9. The van der Waals surface area contributed by atoms with Crippen molar-refractivity contribution in [2.45, 2.75) is 88.7 Å². The van der Waals surface area contributed by atoms with E-state index in [-0.39, 0.29) is 26.2 Å². The summed E-state index contributed by atoms with van der Waals surface area (Å²) in [5, 5.41) is 46.8. The first-order valence-corrected chi connectivity index (χ1v) is 11.4. The Morgan fingerprint density at radius 3 is 2.43 bits per heavy atom. The van der Waals surface area contributed by atoms with Crippen molar-refractivity contribution in [3.05, 3.63) is 35.9 Å². The maximum atomic E-state index is 13.7. The first kappa shape index (κ1) is 27.0. The molecule has 2 rings (SSSR count). The van der Waals surface area contributed by atoms with Crippen molar-refractivity contribution in [2.24, 2.45) is 0 Å². The highest BCUT2D eigenvalue weighted by molar-refractivity contribution is 5.94.